The Morgan fingerprint density at radius 1 is 1.00 bits per heavy atom. The van der Waals surface area contributed by atoms with Crippen LogP contribution < -0.4 is 40.4 Å². The van der Waals surface area contributed by atoms with E-state index in [1.54, 1.807) is 4.57 Å². The molecule has 2 heterocycles. The maximum absolute atomic E-state index is 12.1. The van der Waals surface area contributed by atoms with Gasteiger partial charge < -0.3 is 19.6 Å². The SMILES string of the molecule is CCCc1nc(C(C)(C)O)c(C(=O)[O-])n1Cc1ccc(-c2cc(-c3ccccc3)ccc2-c2noc(=O)[nH]2)cc1.[Na+]. The van der Waals surface area contributed by atoms with Crippen LogP contribution in [0.2, 0.25) is 0 Å². The second-order valence-electron chi connectivity index (χ2n) is 10.2. The molecule has 10 heteroatoms. The Hall–Kier alpha value is -3.76. The van der Waals surface area contributed by atoms with E-state index in [2.05, 4.69) is 15.1 Å². The van der Waals surface area contributed by atoms with Crippen molar-refractivity contribution in [3.63, 3.8) is 0 Å². The second kappa shape index (κ2) is 12.4. The number of carbonyl (C=O) groups excluding carboxylic acids is 1. The number of aliphatic hydroxyl groups is 1. The molecule has 0 aliphatic carbocycles. The number of hydrogen-bond acceptors (Lipinski definition) is 7. The van der Waals surface area contributed by atoms with Crippen LogP contribution in [0.15, 0.2) is 82.1 Å². The van der Waals surface area contributed by atoms with E-state index in [-0.39, 0.29) is 47.5 Å². The van der Waals surface area contributed by atoms with Gasteiger partial charge >= 0.3 is 35.3 Å². The van der Waals surface area contributed by atoms with Crippen LogP contribution in [0, 0.1) is 0 Å². The molecule has 0 radical (unpaired) electrons. The summed E-state index contributed by atoms with van der Waals surface area (Å²) in [7, 11) is 0. The summed E-state index contributed by atoms with van der Waals surface area (Å²) >= 11 is 0. The fourth-order valence-electron chi connectivity index (χ4n) is 4.84. The van der Waals surface area contributed by atoms with Gasteiger partial charge in [-0.15, -0.1) is 0 Å². The zero-order valence-corrected chi connectivity index (χ0v) is 25.5. The molecular weight excluding hydrogens is 531 g/mol. The van der Waals surface area contributed by atoms with Crippen LogP contribution in [-0.2, 0) is 18.6 Å². The summed E-state index contributed by atoms with van der Waals surface area (Å²) in [6.07, 6.45) is 1.32. The number of carboxylic acid groups (broad SMARTS) is 1. The fraction of sp³-hybridized carbons (Fsp3) is 0.226. The number of aryl methyl sites for hydroxylation is 1. The summed E-state index contributed by atoms with van der Waals surface area (Å²) in [6, 6.07) is 23.5. The Kier molecular flexibility index (Phi) is 9.14. The molecule has 0 unspecified atom stereocenters. The molecule has 5 aromatic rings. The van der Waals surface area contributed by atoms with Gasteiger partial charge in [-0.1, -0.05) is 72.7 Å². The molecule has 0 fully saturated rings. The molecule has 9 nitrogen and oxygen atoms in total. The monoisotopic (exact) mass is 560 g/mol. The first-order chi connectivity index (χ1) is 19.2. The predicted molar refractivity (Wildman–Crippen MR) is 148 cm³/mol. The molecule has 0 atom stereocenters. The first-order valence-electron chi connectivity index (χ1n) is 13.0. The third-order valence-electron chi connectivity index (χ3n) is 6.72. The van der Waals surface area contributed by atoms with Crippen molar-refractivity contribution in [2.75, 3.05) is 0 Å². The summed E-state index contributed by atoms with van der Waals surface area (Å²) in [5.74, 6) is -1.12. The van der Waals surface area contributed by atoms with E-state index in [1.165, 1.54) is 13.8 Å². The van der Waals surface area contributed by atoms with Crippen molar-refractivity contribution in [3.05, 3.63) is 106 Å². The number of hydrogen-bond donors (Lipinski definition) is 2. The Balaban J connectivity index is 0.00000387. The molecule has 0 spiro atoms. The van der Waals surface area contributed by atoms with Crippen molar-refractivity contribution in [2.24, 2.45) is 0 Å². The number of aromatic carboxylic acids is 1. The smallest absolute Gasteiger partial charge is 0.543 e. The molecular formula is C31H29N4NaO5. The Bertz CT molecular complexity index is 1710. The minimum Gasteiger partial charge on any atom is -0.543 e. The molecule has 3 aromatic carbocycles. The van der Waals surface area contributed by atoms with E-state index in [4.69, 9.17) is 4.52 Å². The minimum atomic E-state index is -1.44. The summed E-state index contributed by atoms with van der Waals surface area (Å²) in [5.41, 5.74) is 3.84. The Morgan fingerprint density at radius 3 is 2.27 bits per heavy atom. The van der Waals surface area contributed by atoms with E-state index in [0.717, 1.165) is 34.2 Å². The van der Waals surface area contributed by atoms with Gasteiger partial charge in [-0.2, -0.15) is 0 Å². The van der Waals surface area contributed by atoms with Crippen LogP contribution in [0.3, 0.4) is 0 Å². The Morgan fingerprint density at radius 2 is 1.68 bits per heavy atom. The largest absolute Gasteiger partial charge is 1.00 e. The van der Waals surface area contributed by atoms with Crippen molar-refractivity contribution in [1.29, 1.82) is 0 Å². The van der Waals surface area contributed by atoms with Crippen LogP contribution in [0.1, 0.15) is 54.8 Å². The van der Waals surface area contributed by atoms with Gasteiger partial charge in [0.1, 0.15) is 11.4 Å². The topological polar surface area (TPSA) is 137 Å². The number of carboxylic acids is 1. The van der Waals surface area contributed by atoms with Crippen LogP contribution in [0.25, 0.3) is 33.6 Å². The number of nitrogens with zero attached hydrogens (tertiary/aromatic N) is 3. The average Bonchev–Trinajstić information content (AvgIpc) is 3.53. The van der Waals surface area contributed by atoms with E-state index < -0.39 is 17.3 Å². The molecule has 0 saturated heterocycles. The van der Waals surface area contributed by atoms with E-state index in [0.29, 0.717) is 23.6 Å². The molecule has 2 aromatic heterocycles. The first kappa shape index (κ1) is 30.2. The van der Waals surface area contributed by atoms with Crippen LogP contribution in [-0.4, -0.2) is 30.8 Å². The second-order valence-corrected chi connectivity index (χ2v) is 10.2. The molecule has 204 valence electrons. The van der Waals surface area contributed by atoms with Crippen molar-refractivity contribution in [3.8, 4) is 33.6 Å². The molecule has 0 amide bonds. The number of aromatic nitrogens is 4. The quantitative estimate of drug-likeness (QED) is 0.258. The molecule has 0 bridgehead atoms. The van der Waals surface area contributed by atoms with Crippen LogP contribution in [0.4, 0.5) is 0 Å². The van der Waals surface area contributed by atoms with E-state index in [1.807, 2.05) is 79.7 Å². The number of aromatic amines is 1. The number of carbonyl (C=O) groups is 1. The predicted octanol–water partition coefficient (Wildman–Crippen LogP) is 1.16. The zero-order chi connectivity index (χ0) is 28.4. The molecule has 41 heavy (non-hydrogen) atoms. The number of H-pyrrole nitrogens is 1. The van der Waals surface area contributed by atoms with Gasteiger partial charge in [-0.25, -0.2) is 9.78 Å². The maximum atomic E-state index is 12.1. The van der Waals surface area contributed by atoms with Gasteiger partial charge in [-0.05, 0) is 60.2 Å². The third-order valence-corrected chi connectivity index (χ3v) is 6.72. The maximum Gasteiger partial charge on any atom is 1.00 e. The van der Waals surface area contributed by atoms with Crippen molar-refractivity contribution in [1.82, 2.24) is 19.7 Å². The summed E-state index contributed by atoms with van der Waals surface area (Å²) in [5, 5.41) is 26.6. The van der Waals surface area contributed by atoms with Gasteiger partial charge in [-0.3, -0.25) is 9.51 Å². The normalized spacial score (nSPS) is 11.3. The van der Waals surface area contributed by atoms with Gasteiger partial charge in [0.25, 0.3) is 0 Å². The molecule has 0 saturated carbocycles. The molecule has 0 aliphatic rings. The van der Waals surface area contributed by atoms with Crippen LogP contribution >= 0.6 is 0 Å². The van der Waals surface area contributed by atoms with E-state index >= 15 is 0 Å². The fourth-order valence-corrected chi connectivity index (χ4v) is 4.84. The van der Waals surface area contributed by atoms with Gasteiger partial charge in [0.2, 0.25) is 0 Å². The van der Waals surface area contributed by atoms with Crippen molar-refractivity contribution in [2.45, 2.75) is 45.8 Å². The molecule has 0 aliphatic heterocycles. The number of rotatable bonds is 9. The van der Waals surface area contributed by atoms with Crippen LogP contribution in [0.5, 0.6) is 0 Å². The van der Waals surface area contributed by atoms with E-state index in [9.17, 15) is 19.8 Å². The zero-order valence-electron chi connectivity index (χ0n) is 23.5. The standard InChI is InChI=1S/C31H30N4O5.Na/c1-4-8-25-32-27(31(2,3)39)26(29(36)37)35(25)18-19-11-13-21(14-12-19)24-17-22(20-9-6-5-7-10-20)15-16-23(24)28-33-30(38)40-34-28;/h5-7,9-17,39H,4,8,18H2,1-3H3,(H,36,37)(H,33,34,38);/q;+1/p-1. The summed E-state index contributed by atoms with van der Waals surface area (Å²) in [4.78, 5) is 30.9. The summed E-state index contributed by atoms with van der Waals surface area (Å²) < 4.78 is 6.37. The number of imidazole rings is 1. The van der Waals surface area contributed by atoms with Crippen molar-refractivity contribution >= 4 is 5.97 Å². The van der Waals surface area contributed by atoms with Gasteiger partial charge in [0.15, 0.2) is 5.82 Å². The third kappa shape index (κ3) is 6.44. The first-order valence-corrected chi connectivity index (χ1v) is 13.0. The summed E-state index contributed by atoms with van der Waals surface area (Å²) in [6.45, 7) is 5.26. The van der Waals surface area contributed by atoms with Gasteiger partial charge in [0, 0.05) is 18.5 Å². The molecule has 5 rings (SSSR count). The number of benzene rings is 3. The van der Waals surface area contributed by atoms with Crippen molar-refractivity contribution < 1.29 is 49.1 Å². The number of nitrogens with one attached hydrogen (secondary N) is 1. The Labute approximate surface area is 259 Å². The molecule has 2 N–H and O–H groups in total. The average molecular weight is 561 g/mol. The van der Waals surface area contributed by atoms with Gasteiger partial charge in [0.05, 0.1) is 17.4 Å². The minimum absolute atomic E-state index is 0.